The Morgan fingerprint density at radius 2 is 2.10 bits per heavy atom. The van der Waals surface area contributed by atoms with E-state index in [9.17, 15) is 0 Å². The summed E-state index contributed by atoms with van der Waals surface area (Å²) in [5.74, 6) is 0.774. The number of rotatable bonds is 1. The molecule has 1 aliphatic heterocycles. The smallest absolute Gasteiger partial charge is 0.154 e. The van der Waals surface area contributed by atoms with Gasteiger partial charge in [0.2, 0.25) is 0 Å². The van der Waals surface area contributed by atoms with E-state index in [1.54, 1.807) is 12.4 Å². The first-order valence-corrected chi connectivity index (χ1v) is 6.35. The van der Waals surface area contributed by atoms with Crippen molar-refractivity contribution >= 4 is 22.4 Å². The first-order chi connectivity index (χ1) is 9.81. The number of aryl methyl sites for hydroxylation is 1. The summed E-state index contributed by atoms with van der Waals surface area (Å²) in [4.78, 5) is 13.0. The lowest BCUT2D eigenvalue weighted by Crippen LogP contribution is -2.13. The Morgan fingerprint density at radius 1 is 1.20 bits per heavy atom. The Hall–Kier alpha value is -2.76. The van der Waals surface area contributed by atoms with Gasteiger partial charge in [-0.15, -0.1) is 0 Å². The average Bonchev–Trinajstić information content (AvgIpc) is 3.04. The Kier molecular flexibility index (Phi) is 2.29. The summed E-state index contributed by atoms with van der Waals surface area (Å²) >= 11 is 0. The molecule has 1 aliphatic rings. The summed E-state index contributed by atoms with van der Waals surface area (Å²) in [6.07, 6.45) is 5.23. The van der Waals surface area contributed by atoms with E-state index in [2.05, 4.69) is 31.4 Å². The van der Waals surface area contributed by atoms with Crippen LogP contribution in [0.1, 0.15) is 11.4 Å². The van der Waals surface area contributed by atoms with Crippen molar-refractivity contribution in [3.05, 3.63) is 48.2 Å². The van der Waals surface area contributed by atoms with Crippen LogP contribution in [0.5, 0.6) is 0 Å². The van der Waals surface area contributed by atoms with Crippen molar-refractivity contribution in [3.63, 3.8) is 0 Å². The van der Waals surface area contributed by atoms with E-state index in [0.29, 0.717) is 6.54 Å². The second-order valence-corrected chi connectivity index (χ2v) is 4.68. The molecule has 0 aliphatic carbocycles. The zero-order valence-electron chi connectivity index (χ0n) is 10.9. The van der Waals surface area contributed by atoms with Crippen molar-refractivity contribution in [3.8, 4) is 0 Å². The second kappa shape index (κ2) is 4.12. The average molecular weight is 264 g/mol. The third kappa shape index (κ3) is 1.65. The van der Waals surface area contributed by atoms with Gasteiger partial charge in [-0.25, -0.2) is 4.98 Å². The maximum absolute atomic E-state index is 4.44. The summed E-state index contributed by atoms with van der Waals surface area (Å²) in [6, 6.07) is 6.11. The monoisotopic (exact) mass is 264 g/mol. The summed E-state index contributed by atoms with van der Waals surface area (Å²) in [5.41, 5.74) is 3.82. The van der Waals surface area contributed by atoms with Gasteiger partial charge in [-0.3, -0.25) is 14.7 Å². The van der Waals surface area contributed by atoms with Crippen LogP contribution >= 0.6 is 0 Å². The maximum atomic E-state index is 4.44. The Balaban J connectivity index is 1.68. The van der Waals surface area contributed by atoms with E-state index in [0.717, 1.165) is 33.8 Å². The van der Waals surface area contributed by atoms with Crippen LogP contribution in [0.15, 0.2) is 41.8 Å². The number of benzene rings is 1. The molecule has 0 spiro atoms. The minimum absolute atomic E-state index is 0.584. The summed E-state index contributed by atoms with van der Waals surface area (Å²) < 4.78 is 1.85. The summed E-state index contributed by atoms with van der Waals surface area (Å²) in [6.45, 7) is 0.584. The van der Waals surface area contributed by atoms with Crippen LogP contribution in [0.3, 0.4) is 0 Å². The molecule has 3 heterocycles. The maximum Gasteiger partial charge on any atom is 0.154 e. The third-order valence-corrected chi connectivity index (χ3v) is 3.39. The van der Waals surface area contributed by atoms with Crippen molar-refractivity contribution in [2.24, 2.45) is 12.0 Å². The summed E-state index contributed by atoms with van der Waals surface area (Å²) in [7, 11) is 1.93. The van der Waals surface area contributed by atoms with Crippen LogP contribution in [0.25, 0.3) is 10.9 Å². The van der Waals surface area contributed by atoms with Crippen molar-refractivity contribution in [2.45, 2.75) is 6.54 Å². The van der Waals surface area contributed by atoms with Gasteiger partial charge in [0, 0.05) is 30.5 Å². The molecule has 0 saturated carbocycles. The molecule has 0 amide bonds. The number of nitrogens with one attached hydrogen (secondary N) is 1. The van der Waals surface area contributed by atoms with Gasteiger partial charge >= 0.3 is 0 Å². The Bertz CT molecular complexity index is 833. The number of fused-ring (bicyclic) bond motifs is 2. The number of anilines is 1. The van der Waals surface area contributed by atoms with Crippen LogP contribution in [0.2, 0.25) is 0 Å². The molecule has 0 unspecified atom stereocenters. The molecule has 0 bridgehead atoms. The summed E-state index contributed by atoms with van der Waals surface area (Å²) in [5, 5.41) is 8.64. The number of nitrogens with zero attached hydrogens (tertiary/aromatic N) is 5. The highest BCUT2D eigenvalue weighted by molar-refractivity contribution is 6.09. The van der Waals surface area contributed by atoms with Crippen molar-refractivity contribution < 1.29 is 0 Å². The molecule has 0 fully saturated rings. The molecule has 0 radical (unpaired) electrons. The van der Waals surface area contributed by atoms with Crippen molar-refractivity contribution in [1.29, 1.82) is 0 Å². The molecule has 6 nitrogen and oxygen atoms in total. The van der Waals surface area contributed by atoms with Crippen molar-refractivity contribution in [1.82, 2.24) is 19.7 Å². The molecule has 0 atom stereocenters. The van der Waals surface area contributed by atoms with Crippen LogP contribution in [-0.4, -0.2) is 25.6 Å². The quantitative estimate of drug-likeness (QED) is 0.727. The highest BCUT2D eigenvalue weighted by atomic mass is 15.2. The molecular weight excluding hydrogens is 252 g/mol. The topological polar surface area (TPSA) is 68.0 Å². The van der Waals surface area contributed by atoms with Crippen LogP contribution in [0, 0.1) is 0 Å². The van der Waals surface area contributed by atoms with E-state index in [1.165, 1.54) is 0 Å². The number of amidine groups is 1. The minimum Gasteiger partial charge on any atom is -0.339 e. The van der Waals surface area contributed by atoms with Gasteiger partial charge in [-0.1, -0.05) is 0 Å². The lowest BCUT2D eigenvalue weighted by Gasteiger charge is -2.06. The van der Waals surface area contributed by atoms with Gasteiger partial charge in [0.25, 0.3) is 0 Å². The Morgan fingerprint density at radius 3 is 3.05 bits per heavy atom. The highest BCUT2D eigenvalue weighted by Crippen LogP contribution is 2.21. The van der Waals surface area contributed by atoms with Gasteiger partial charge in [0.1, 0.15) is 5.69 Å². The lowest BCUT2D eigenvalue weighted by atomic mass is 10.2. The Labute approximate surface area is 115 Å². The lowest BCUT2D eigenvalue weighted by molar-refractivity contribution is 0.797. The number of hydrogen-bond acceptors (Lipinski definition) is 5. The second-order valence-electron chi connectivity index (χ2n) is 4.68. The largest absolute Gasteiger partial charge is 0.339 e. The normalized spacial score (nSPS) is 13.3. The highest BCUT2D eigenvalue weighted by Gasteiger charge is 2.18. The first kappa shape index (κ1) is 11.1. The fourth-order valence-electron chi connectivity index (χ4n) is 2.39. The van der Waals surface area contributed by atoms with Gasteiger partial charge in [0.05, 0.1) is 24.0 Å². The third-order valence-electron chi connectivity index (χ3n) is 3.39. The zero-order valence-corrected chi connectivity index (χ0v) is 10.9. The molecule has 1 aromatic carbocycles. The van der Waals surface area contributed by atoms with E-state index >= 15 is 0 Å². The molecule has 0 saturated heterocycles. The van der Waals surface area contributed by atoms with Gasteiger partial charge in [-0.2, -0.15) is 5.10 Å². The molecule has 4 rings (SSSR count). The number of aromatic nitrogens is 4. The molecule has 1 N–H and O–H groups in total. The fraction of sp³-hybridized carbons (Fsp3) is 0.143. The van der Waals surface area contributed by atoms with E-state index in [-0.39, 0.29) is 0 Å². The van der Waals surface area contributed by atoms with Gasteiger partial charge < -0.3 is 5.32 Å². The molecule has 20 heavy (non-hydrogen) atoms. The van der Waals surface area contributed by atoms with Gasteiger partial charge in [0.15, 0.2) is 5.84 Å². The van der Waals surface area contributed by atoms with E-state index in [4.69, 9.17) is 0 Å². The molecule has 98 valence electrons. The first-order valence-electron chi connectivity index (χ1n) is 6.35. The standard InChI is InChI=1S/C14H12N6/c1-20-12-3-2-10(6-9(12)7-18-20)19-14-13-11(8-17-14)15-4-5-16-13/h2-7H,8H2,1H3,(H,17,19). The van der Waals surface area contributed by atoms with Crippen LogP contribution in [-0.2, 0) is 13.6 Å². The molecule has 2 aromatic heterocycles. The molecule has 3 aromatic rings. The van der Waals surface area contributed by atoms with E-state index < -0.39 is 0 Å². The zero-order chi connectivity index (χ0) is 13.5. The fourth-order valence-corrected chi connectivity index (χ4v) is 2.39. The molecule has 6 heteroatoms. The van der Waals surface area contributed by atoms with E-state index in [1.807, 2.05) is 30.1 Å². The molecular formula is C14H12N6. The number of hydrogen-bond donors (Lipinski definition) is 1. The van der Waals surface area contributed by atoms with Crippen LogP contribution < -0.4 is 5.32 Å². The predicted molar refractivity (Wildman–Crippen MR) is 76.6 cm³/mol. The SMILES string of the molecule is Cn1ncc2cc(NC3=NCc4nccnc43)ccc21. The minimum atomic E-state index is 0.584. The van der Waals surface area contributed by atoms with Gasteiger partial charge in [-0.05, 0) is 18.2 Å². The van der Waals surface area contributed by atoms with Crippen LogP contribution in [0.4, 0.5) is 5.69 Å². The predicted octanol–water partition coefficient (Wildman–Crippen LogP) is 1.74. The number of aliphatic imine (C=N–C) groups is 1. The van der Waals surface area contributed by atoms with Crippen molar-refractivity contribution in [2.75, 3.05) is 5.32 Å².